The van der Waals surface area contributed by atoms with Crippen LogP contribution in [0.4, 0.5) is 13.2 Å². The van der Waals surface area contributed by atoms with Crippen molar-refractivity contribution in [3.05, 3.63) is 0 Å². The normalized spacial score (nSPS) is 20.4. The highest BCUT2D eigenvalue weighted by Crippen LogP contribution is 2.23. The quantitative estimate of drug-likeness (QED) is 0.703. The number of rotatable bonds is 7. The number of hydrogen-bond donors (Lipinski definition) is 2. The Labute approximate surface area is 151 Å². The van der Waals surface area contributed by atoms with Crippen molar-refractivity contribution in [2.75, 3.05) is 13.6 Å². The van der Waals surface area contributed by atoms with E-state index in [0.717, 1.165) is 0 Å². The highest BCUT2D eigenvalue weighted by molar-refractivity contribution is 5.96. The number of carbonyl (C=O) groups is 3. The number of halogens is 3. The van der Waals surface area contributed by atoms with E-state index in [-0.39, 0.29) is 11.8 Å². The molecule has 1 rings (SSSR count). The van der Waals surface area contributed by atoms with Crippen LogP contribution in [0.15, 0.2) is 0 Å². The Morgan fingerprint density at radius 2 is 1.58 bits per heavy atom. The zero-order valence-corrected chi connectivity index (χ0v) is 15.8. The summed E-state index contributed by atoms with van der Waals surface area (Å²) in [4.78, 5) is 38.2. The summed E-state index contributed by atoms with van der Waals surface area (Å²) in [5.41, 5.74) is 0. The Balaban J connectivity index is 2.93. The van der Waals surface area contributed by atoms with E-state index in [0.29, 0.717) is 19.4 Å². The van der Waals surface area contributed by atoms with Gasteiger partial charge in [0.2, 0.25) is 11.8 Å². The average Bonchev–Trinajstić information content (AvgIpc) is 3.00. The first-order valence-electron chi connectivity index (χ1n) is 8.81. The van der Waals surface area contributed by atoms with E-state index < -0.39 is 41.9 Å². The molecule has 0 aliphatic carbocycles. The molecule has 2 amide bonds. The van der Waals surface area contributed by atoms with Crippen molar-refractivity contribution < 1.29 is 27.6 Å². The first-order chi connectivity index (χ1) is 11.9. The lowest BCUT2D eigenvalue weighted by atomic mass is 9.98. The van der Waals surface area contributed by atoms with Crippen LogP contribution >= 0.6 is 0 Å². The van der Waals surface area contributed by atoms with Gasteiger partial charge in [-0.3, -0.25) is 14.4 Å². The Bertz CT molecular complexity index is 535. The maximum absolute atomic E-state index is 12.8. The number of Topliss-reactive ketones (excluding diaryl/α,β-unsaturated/α-hetero) is 1. The number of alkyl halides is 3. The van der Waals surface area contributed by atoms with Gasteiger partial charge in [-0.15, -0.1) is 0 Å². The van der Waals surface area contributed by atoms with Crippen LogP contribution in [0.2, 0.25) is 0 Å². The van der Waals surface area contributed by atoms with Crippen LogP contribution in [0.3, 0.4) is 0 Å². The first kappa shape index (κ1) is 22.4. The maximum atomic E-state index is 12.8. The SMILES string of the molecule is CNC(C(=O)N1CCCC1C(=O)NC(C(=O)C(F)(F)F)C(C)C)C(C)C. The van der Waals surface area contributed by atoms with E-state index in [9.17, 15) is 27.6 Å². The molecule has 1 aliphatic heterocycles. The lowest BCUT2D eigenvalue weighted by Gasteiger charge is -2.31. The number of likely N-dealkylation sites (tertiary alicyclic amines) is 1. The number of amides is 2. The molecule has 6 nitrogen and oxygen atoms in total. The molecule has 150 valence electrons. The molecule has 0 bridgehead atoms. The van der Waals surface area contributed by atoms with E-state index in [1.165, 1.54) is 18.7 Å². The average molecular weight is 379 g/mol. The number of hydrogen-bond acceptors (Lipinski definition) is 4. The zero-order chi connectivity index (χ0) is 20.2. The van der Waals surface area contributed by atoms with Crippen molar-refractivity contribution in [2.24, 2.45) is 11.8 Å². The van der Waals surface area contributed by atoms with Gasteiger partial charge in [-0.05, 0) is 31.7 Å². The van der Waals surface area contributed by atoms with Crippen molar-refractivity contribution >= 4 is 17.6 Å². The second-order valence-electron chi connectivity index (χ2n) is 7.29. The fourth-order valence-corrected chi connectivity index (χ4v) is 3.18. The lowest BCUT2D eigenvalue weighted by molar-refractivity contribution is -0.175. The van der Waals surface area contributed by atoms with Crippen molar-refractivity contribution in [1.29, 1.82) is 0 Å². The zero-order valence-electron chi connectivity index (χ0n) is 15.8. The van der Waals surface area contributed by atoms with Crippen LogP contribution in [0.25, 0.3) is 0 Å². The Hall–Kier alpha value is -1.64. The first-order valence-corrected chi connectivity index (χ1v) is 8.81. The number of nitrogens with zero attached hydrogens (tertiary/aromatic N) is 1. The van der Waals surface area contributed by atoms with E-state index in [1.807, 2.05) is 13.8 Å². The van der Waals surface area contributed by atoms with Crippen LogP contribution in [0, 0.1) is 11.8 Å². The third-order valence-corrected chi connectivity index (χ3v) is 4.61. The molecule has 0 radical (unpaired) electrons. The van der Waals surface area contributed by atoms with Gasteiger partial charge >= 0.3 is 6.18 Å². The van der Waals surface area contributed by atoms with Crippen molar-refractivity contribution in [3.63, 3.8) is 0 Å². The fraction of sp³-hybridized carbons (Fsp3) is 0.824. The van der Waals surface area contributed by atoms with Gasteiger partial charge in [0.25, 0.3) is 5.78 Å². The summed E-state index contributed by atoms with van der Waals surface area (Å²) in [5.74, 6) is -3.69. The van der Waals surface area contributed by atoms with Gasteiger partial charge < -0.3 is 15.5 Å². The molecule has 2 N–H and O–H groups in total. The molecule has 1 aliphatic rings. The highest BCUT2D eigenvalue weighted by atomic mass is 19.4. The van der Waals surface area contributed by atoms with Crippen LogP contribution in [-0.2, 0) is 14.4 Å². The minimum absolute atomic E-state index is 0.00738. The number of nitrogens with one attached hydrogen (secondary N) is 2. The van der Waals surface area contributed by atoms with Gasteiger partial charge in [-0.2, -0.15) is 13.2 Å². The Morgan fingerprint density at radius 1 is 1.04 bits per heavy atom. The number of ketones is 1. The molecule has 1 saturated heterocycles. The van der Waals surface area contributed by atoms with E-state index in [2.05, 4.69) is 10.6 Å². The minimum atomic E-state index is -5.03. The van der Waals surface area contributed by atoms with Crippen LogP contribution in [-0.4, -0.2) is 60.4 Å². The summed E-state index contributed by atoms with van der Waals surface area (Å²) < 4.78 is 38.3. The predicted octanol–water partition coefficient (Wildman–Crippen LogP) is 1.49. The summed E-state index contributed by atoms with van der Waals surface area (Å²) >= 11 is 0. The summed E-state index contributed by atoms with van der Waals surface area (Å²) in [7, 11) is 1.64. The molecular weight excluding hydrogens is 351 g/mol. The third kappa shape index (κ3) is 5.18. The number of likely N-dealkylation sites (N-methyl/N-ethyl adjacent to an activating group) is 1. The molecule has 3 unspecified atom stereocenters. The van der Waals surface area contributed by atoms with Gasteiger partial charge in [-0.1, -0.05) is 27.7 Å². The third-order valence-electron chi connectivity index (χ3n) is 4.61. The van der Waals surface area contributed by atoms with E-state index >= 15 is 0 Å². The van der Waals surface area contributed by atoms with Crippen LogP contribution in [0.1, 0.15) is 40.5 Å². The summed E-state index contributed by atoms with van der Waals surface area (Å²) in [6.45, 7) is 6.95. The molecule has 0 aromatic rings. The second kappa shape index (κ2) is 8.83. The van der Waals surface area contributed by atoms with E-state index in [1.54, 1.807) is 7.05 Å². The molecule has 0 aromatic heterocycles. The molecule has 0 spiro atoms. The van der Waals surface area contributed by atoms with Gasteiger partial charge in [0.15, 0.2) is 0 Å². The van der Waals surface area contributed by atoms with Gasteiger partial charge in [0.05, 0.1) is 12.1 Å². The molecule has 9 heteroatoms. The minimum Gasteiger partial charge on any atom is -0.344 e. The maximum Gasteiger partial charge on any atom is 0.452 e. The van der Waals surface area contributed by atoms with Crippen LogP contribution in [0.5, 0.6) is 0 Å². The van der Waals surface area contributed by atoms with Gasteiger partial charge in [-0.25, -0.2) is 0 Å². The smallest absolute Gasteiger partial charge is 0.344 e. The van der Waals surface area contributed by atoms with Gasteiger partial charge in [0, 0.05) is 6.54 Å². The largest absolute Gasteiger partial charge is 0.452 e. The second-order valence-corrected chi connectivity index (χ2v) is 7.29. The molecule has 0 saturated carbocycles. The molecule has 1 heterocycles. The summed E-state index contributed by atoms with van der Waals surface area (Å²) in [5, 5.41) is 5.12. The predicted molar refractivity (Wildman–Crippen MR) is 90.3 cm³/mol. The molecular formula is C17H28F3N3O3. The Morgan fingerprint density at radius 3 is 2.00 bits per heavy atom. The summed E-state index contributed by atoms with van der Waals surface area (Å²) in [6.07, 6.45) is -4.09. The molecule has 0 aromatic carbocycles. The molecule has 1 fully saturated rings. The summed E-state index contributed by atoms with van der Waals surface area (Å²) in [6, 6.07) is -3.01. The van der Waals surface area contributed by atoms with Crippen molar-refractivity contribution in [3.8, 4) is 0 Å². The molecule has 26 heavy (non-hydrogen) atoms. The topological polar surface area (TPSA) is 78.5 Å². The van der Waals surface area contributed by atoms with Crippen molar-refractivity contribution in [2.45, 2.75) is 64.8 Å². The monoisotopic (exact) mass is 379 g/mol. The standard InChI is InChI=1S/C17H28F3N3O3/c1-9(2)12(14(24)17(18,19)20)22-15(25)11-7-6-8-23(11)16(26)13(21-5)10(3)4/h9-13,21H,6-8H2,1-5H3,(H,22,25). The van der Waals surface area contributed by atoms with E-state index in [4.69, 9.17) is 0 Å². The number of carbonyl (C=O) groups excluding carboxylic acids is 3. The van der Waals surface area contributed by atoms with Gasteiger partial charge in [0.1, 0.15) is 6.04 Å². The van der Waals surface area contributed by atoms with Crippen molar-refractivity contribution in [1.82, 2.24) is 15.5 Å². The lowest BCUT2D eigenvalue weighted by Crippen LogP contribution is -2.57. The van der Waals surface area contributed by atoms with Crippen LogP contribution < -0.4 is 10.6 Å². The fourth-order valence-electron chi connectivity index (χ4n) is 3.18. The molecule has 3 atom stereocenters. The highest BCUT2D eigenvalue weighted by Gasteiger charge is 2.46. The Kier molecular flexibility index (Phi) is 7.61.